The Balaban J connectivity index is 0.00000165. The van der Waals surface area contributed by atoms with Gasteiger partial charge in [0.25, 0.3) is 5.91 Å². The van der Waals surface area contributed by atoms with Crippen molar-refractivity contribution in [3.8, 4) is 11.5 Å². The van der Waals surface area contributed by atoms with Crippen molar-refractivity contribution in [2.24, 2.45) is 0 Å². The van der Waals surface area contributed by atoms with E-state index in [4.69, 9.17) is 21.5 Å². The molecule has 2 rings (SSSR count). The maximum atomic E-state index is 14.5. The number of amides is 2. The van der Waals surface area contributed by atoms with Crippen LogP contribution in [0.15, 0.2) is 41.3 Å². The Kier molecular flexibility index (Phi) is 17.3. The highest BCUT2D eigenvalue weighted by Crippen LogP contribution is 2.30. The quantitative estimate of drug-likeness (QED) is 0.244. The minimum absolute atomic E-state index is 0.163. The van der Waals surface area contributed by atoms with E-state index < -0.39 is 40.8 Å². The van der Waals surface area contributed by atoms with E-state index in [1.807, 2.05) is 32.7 Å². The summed E-state index contributed by atoms with van der Waals surface area (Å²) in [5, 5.41) is 9.20. The zero-order chi connectivity index (χ0) is 28.5. The van der Waals surface area contributed by atoms with Gasteiger partial charge in [0, 0.05) is 32.2 Å². The highest BCUT2D eigenvalue weighted by Gasteiger charge is 2.23. The predicted molar refractivity (Wildman–Crippen MR) is 140 cm³/mol. The monoisotopic (exact) mass is 564 g/mol. The number of nitrogens with one attached hydrogen (secondary N) is 1. The van der Waals surface area contributed by atoms with Crippen molar-refractivity contribution in [1.82, 2.24) is 19.6 Å². The Morgan fingerprint density at radius 2 is 1.62 bits per heavy atom. The SMILES string of the molecule is CC.CCN(C)CCN(CC(=O)NO)S(=O)c1cc(F)c(Oc2ccc(Cl)cc2)c(F)c1.CN(C)C=O. The number of hydrogen-bond donors (Lipinski definition) is 2. The maximum Gasteiger partial charge on any atom is 0.258 e. The fourth-order valence-electron chi connectivity index (χ4n) is 2.36. The van der Waals surface area contributed by atoms with Crippen molar-refractivity contribution in [3.05, 3.63) is 53.1 Å². The van der Waals surface area contributed by atoms with Gasteiger partial charge >= 0.3 is 0 Å². The maximum absolute atomic E-state index is 14.5. The Hall–Kier alpha value is -2.64. The van der Waals surface area contributed by atoms with Crippen LogP contribution in [0.1, 0.15) is 20.8 Å². The molecule has 1 atom stereocenters. The Labute approximate surface area is 224 Å². The standard InChI is InChI=1S/C19H22ClF2N3O4S.C3H7NO.C2H6/c1-3-24(2)8-9-25(12-18(26)23-27)30(28)15-10-16(21)19(17(22)11-15)29-14-6-4-13(20)5-7-14;1-4(2)3-5;1-2/h4-7,10-11,27H,3,8-9,12H2,1-2H3,(H,23,26);3H,1-2H3;1-2H3. The van der Waals surface area contributed by atoms with Crippen molar-refractivity contribution in [1.29, 1.82) is 0 Å². The number of carbonyl (C=O) groups excluding carboxylic acids is 2. The zero-order valence-electron chi connectivity index (χ0n) is 21.8. The van der Waals surface area contributed by atoms with Crippen molar-refractivity contribution >= 4 is 34.9 Å². The lowest BCUT2D eigenvalue weighted by molar-refractivity contribution is -0.129. The molecule has 0 saturated carbocycles. The van der Waals surface area contributed by atoms with E-state index in [1.165, 1.54) is 39.0 Å². The van der Waals surface area contributed by atoms with E-state index in [9.17, 15) is 22.6 Å². The molecule has 208 valence electrons. The van der Waals surface area contributed by atoms with E-state index >= 15 is 0 Å². The molecule has 1 unspecified atom stereocenters. The van der Waals surface area contributed by atoms with Crippen LogP contribution >= 0.6 is 11.6 Å². The van der Waals surface area contributed by atoms with Crippen LogP contribution in [0.2, 0.25) is 5.02 Å². The number of carbonyl (C=O) groups is 2. The number of nitrogens with zero attached hydrogens (tertiary/aromatic N) is 3. The first-order chi connectivity index (χ1) is 17.5. The van der Waals surface area contributed by atoms with Gasteiger partial charge < -0.3 is 14.5 Å². The molecule has 0 aromatic heterocycles. The second kappa shape index (κ2) is 18.6. The molecule has 2 N–H and O–H groups in total. The third-order valence-electron chi connectivity index (χ3n) is 4.37. The summed E-state index contributed by atoms with van der Waals surface area (Å²) in [6.45, 7) is 6.83. The van der Waals surface area contributed by atoms with Crippen LogP contribution in [-0.2, 0) is 20.6 Å². The first-order valence-electron chi connectivity index (χ1n) is 11.3. The minimum Gasteiger partial charge on any atom is -0.451 e. The van der Waals surface area contributed by atoms with Gasteiger partial charge in [-0.3, -0.25) is 14.8 Å². The van der Waals surface area contributed by atoms with Crippen LogP contribution in [0, 0.1) is 11.6 Å². The predicted octanol–water partition coefficient (Wildman–Crippen LogP) is 3.92. The molecule has 0 spiro atoms. The first-order valence-corrected chi connectivity index (χ1v) is 12.8. The molecule has 0 heterocycles. The minimum atomic E-state index is -2.06. The van der Waals surface area contributed by atoms with Gasteiger partial charge in [-0.1, -0.05) is 32.4 Å². The van der Waals surface area contributed by atoms with Gasteiger partial charge in [-0.05, 0) is 50.0 Å². The van der Waals surface area contributed by atoms with Gasteiger partial charge in [0.05, 0.1) is 11.4 Å². The molecule has 0 radical (unpaired) electrons. The molecule has 9 nitrogen and oxygen atoms in total. The van der Waals surface area contributed by atoms with Gasteiger partial charge in [0.1, 0.15) is 16.7 Å². The summed E-state index contributed by atoms with van der Waals surface area (Å²) in [4.78, 5) is 24.2. The summed E-state index contributed by atoms with van der Waals surface area (Å²) in [5.74, 6) is -3.37. The van der Waals surface area contributed by atoms with Crippen LogP contribution < -0.4 is 10.2 Å². The fourth-order valence-corrected chi connectivity index (χ4v) is 3.68. The molecule has 0 aliphatic heterocycles. The van der Waals surface area contributed by atoms with Gasteiger partial charge in [0.2, 0.25) is 6.41 Å². The van der Waals surface area contributed by atoms with Crippen molar-refractivity contribution in [2.75, 3.05) is 47.3 Å². The Bertz CT molecular complexity index is 977. The Morgan fingerprint density at radius 3 is 2.05 bits per heavy atom. The number of hydroxylamine groups is 1. The van der Waals surface area contributed by atoms with Gasteiger partial charge in [-0.25, -0.2) is 22.8 Å². The van der Waals surface area contributed by atoms with Gasteiger partial charge in [0.15, 0.2) is 17.4 Å². The third kappa shape index (κ3) is 12.9. The van der Waals surface area contributed by atoms with Gasteiger partial charge in [-0.15, -0.1) is 0 Å². The number of halogens is 3. The molecule has 0 aliphatic rings. The highest BCUT2D eigenvalue weighted by molar-refractivity contribution is 7.82. The Morgan fingerprint density at radius 1 is 1.11 bits per heavy atom. The number of likely N-dealkylation sites (N-methyl/N-ethyl adjacent to an activating group) is 1. The van der Waals surface area contributed by atoms with Crippen molar-refractivity contribution in [2.45, 2.75) is 25.7 Å². The number of hydrogen-bond acceptors (Lipinski definition) is 6. The summed E-state index contributed by atoms with van der Waals surface area (Å²) in [5.41, 5.74) is 1.46. The molecule has 0 fully saturated rings. The largest absolute Gasteiger partial charge is 0.451 e. The molecule has 0 bridgehead atoms. The van der Waals surface area contributed by atoms with Crippen molar-refractivity contribution < 1.29 is 32.5 Å². The summed E-state index contributed by atoms with van der Waals surface area (Å²) in [6.07, 6.45) is 0.750. The molecule has 0 aliphatic carbocycles. The van der Waals surface area contributed by atoms with Crippen LogP contribution in [0.4, 0.5) is 8.78 Å². The highest BCUT2D eigenvalue weighted by atomic mass is 35.5. The molecule has 2 aromatic rings. The second-order valence-electron chi connectivity index (χ2n) is 7.38. The van der Waals surface area contributed by atoms with Crippen LogP contribution in [-0.4, -0.2) is 83.2 Å². The van der Waals surface area contributed by atoms with Crippen molar-refractivity contribution in [3.63, 3.8) is 0 Å². The molecule has 2 amide bonds. The normalized spacial score (nSPS) is 11.0. The zero-order valence-corrected chi connectivity index (χ0v) is 23.4. The fraction of sp³-hybridized carbons (Fsp3) is 0.417. The molecule has 13 heteroatoms. The lowest BCUT2D eigenvalue weighted by Gasteiger charge is -2.23. The lowest BCUT2D eigenvalue weighted by Crippen LogP contribution is -2.40. The molecular formula is C24H35ClF2N4O5S. The van der Waals surface area contributed by atoms with E-state index in [2.05, 4.69) is 0 Å². The van der Waals surface area contributed by atoms with Crippen LogP contribution in [0.5, 0.6) is 11.5 Å². The number of benzene rings is 2. The topological polar surface area (TPSA) is 102 Å². The molecular weight excluding hydrogens is 530 g/mol. The summed E-state index contributed by atoms with van der Waals surface area (Å²) >= 11 is 5.77. The van der Waals surface area contributed by atoms with Crippen LogP contribution in [0.25, 0.3) is 0 Å². The van der Waals surface area contributed by atoms with Crippen LogP contribution in [0.3, 0.4) is 0 Å². The number of rotatable bonds is 11. The molecule has 2 aromatic carbocycles. The first kappa shape index (κ1) is 34.4. The smallest absolute Gasteiger partial charge is 0.258 e. The third-order valence-corrected chi connectivity index (χ3v) is 6.04. The second-order valence-corrected chi connectivity index (χ2v) is 9.31. The summed E-state index contributed by atoms with van der Waals surface area (Å²) in [7, 11) is 3.15. The molecule has 0 saturated heterocycles. The van der Waals surface area contributed by atoms with Gasteiger partial charge in [-0.2, -0.15) is 0 Å². The van der Waals surface area contributed by atoms with E-state index in [-0.39, 0.29) is 17.2 Å². The summed E-state index contributed by atoms with van der Waals surface area (Å²) in [6, 6.07) is 7.69. The summed E-state index contributed by atoms with van der Waals surface area (Å²) < 4.78 is 48.4. The lowest BCUT2D eigenvalue weighted by atomic mass is 10.3. The van der Waals surface area contributed by atoms with E-state index in [0.717, 1.165) is 18.5 Å². The van der Waals surface area contributed by atoms with E-state index in [0.29, 0.717) is 18.1 Å². The average Bonchev–Trinajstić information content (AvgIpc) is 2.90. The van der Waals surface area contributed by atoms with E-state index in [1.54, 1.807) is 14.1 Å². The number of ether oxygens (including phenoxy) is 1. The molecule has 37 heavy (non-hydrogen) atoms. The average molecular weight is 565 g/mol.